The molecular formula is C18H27N3O7S. The lowest BCUT2D eigenvalue weighted by molar-refractivity contribution is -0.0395. The minimum absolute atomic E-state index is 0.00658. The van der Waals surface area contributed by atoms with Crippen LogP contribution < -0.4 is 15.2 Å². The van der Waals surface area contributed by atoms with E-state index in [0.29, 0.717) is 44.8 Å². The summed E-state index contributed by atoms with van der Waals surface area (Å²) in [6.45, 7) is 1.73. The molecule has 11 heteroatoms. The highest BCUT2D eigenvalue weighted by molar-refractivity contribution is 7.89. The van der Waals surface area contributed by atoms with Gasteiger partial charge >= 0.3 is 6.09 Å². The first-order valence-electron chi connectivity index (χ1n) is 9.46. The fraction of sp³-hybridized carbons (Fsp3) is 0.611. The van der Waals surface area contributed by atoms with Crippen LogP contribution in [0.4, 0.5) is 4.79 Å². The van der Waals surface area contributed by atoms with Crippen LogP contribution in [-0.2, 0) is 14.8 Å². The van der Waals surface area contributed by atoms with Crippen LogP contribution in [0.15, 0.2) is 29.2 Å². The zero-order chi connectivity index (χ0) is 21.1. The summed E-state index contributed by atoms with van der Waals surface area (Å²) in [7, 11) is -3.81. The molecule has 2 atom stereocenters. The number of aliphatic hydroxyl groups excluding tert-OH is 1. The Kier molecular flexibility index (Phi) is 6.64. The average Bonchev–Trinajstić information content (AvgIpc) is 3.07. The van der Waals surface area contributed by atoms with E-state index < -0.39 is 22.2 Å². The molecule has 1 aromatic carbocycles. The van der Waals surface area contributed by atoms with E-state index in [1.54, 1.807) is 6.07 Å². The summed E-state index contributed by atoms with van der Waals surface area (Å²) in [5.41, 5.74) is -0.292. The molecule has 5 N–H and O–H groups in total. The van der Waals surface area contributed by atoms with Crippen molar-refractivity contribution in [2.45, 2.75) is 41.9 Å². The smallest absolute Gasteiger partial charge is 0.407 e. The Morgan fingerprint density at radius 2 is 2.14 bits per heavy atom. The van der Waals surface area contributed by atoms with Crippen molar-refractivity contribution in [3.63, 3.8) is 0 Å². The van der Waals surface area contributed by atoms with E-state index in [-0.39, 0.29) is 23.1 Å². The van der Waals surface area contributed by atoms with E-state index in [9.17, 15) is 18.3 Å². The lowest BCUT2D eigenvalue weighted by Gasteiger charge is -2.37. The maximum atomic E-state index is 11.4. The summed E-state index contributed by atoms with van der Waals surface area (Å²) in [6.07, 6.45) is 0.418. The number of sulfonamides is 1. The van der Waals surface area contributed by atoms with Gasteiger partial charge in [0.25, 0.3) is 0 Å². The monoisotopic (exact) mass is 429 g/mol. The molecule has 0 bridgehead atoms. The zero-order valence-corrected chi connectivity index (χ0v) is 16.8. The third-order valence-electron chi connectivity index (χ3n) is 5.37. The van der Waals surface area contributed by atoms with Crippen LogP contribution in [0.5, 0.6) is 5.75 Å². The zero-order valence-electron chi connectivity index (χ0n) is 16.0. The average molecular weight is 429 g/mol. The molecule has 2 fully saturated rings. The molecule has 1 amide bonds. The molecule has 0 aromatic heterocycles. The van der Waals surface area contributed by atoms with Crippen molar-refractivity contribution < 1.29 is 32.9 Å². The second-order valence-electron chi connectivity index (χ2n) is 7.56. The fourth-order valence-corrected chi connectivity index (χ4v) is 4.27. The number of aliphatic hydroxyl groups is 1. The Balaban J connectivity index is 1.40. The number of likely N-dealkylation sites (tertiary alicyclic amines) is 1. The summed E-state index contributed by atoms with van der Waals surface area (Å²) in [4.78, 5) is 12.4. The van der Waals surface area contributed by atoms with Gasteiger partial charge in [0.2, 0.25) is 10.0 Å². The number of nitrogens with zero attached hydrogens (tertiary/aromatic N) is 1. The first-order valence-corrected chi connectivity index (χ1v) is 11.0. The number of nitrogens with one attached hydrogen (secondary N) is 1. The lowest BCUT2D eigenvalue weighted by Crippen LogP contribution is -2.46. The summed E-state index contributed by atoms with van der Waals surface area (Å²) < 4.78 is 34.2. The third kappa shape index (κ3) is 5.80. The highest BCUT2D eigenvalue weighted by Gasteiger charge is 2.43. The number of hydrogen-bond donors (Lipinski definition) is 4. The molecule has 162 valence electrons. The summed E-state index contributed by atoms with van der Waals surface area (Å²) in [6, 6.07) is 5.87. The Bertz CT molecular complexity index is 824. The van der Waals surface area contributed by atoms with E-state index in [2.05, 4.69) is 5.32 Å². The van der Waals surface area contributed by atoms with Gasteiger partial charge in [-0.2, -0.15) is 0 Å². The molecule has 1 unspecified atom stereocenters. The lowest BCUT2D eigenvalue weighted by atomic mass is 9.87. The second kappa shape index (κ2) is 8.84. The van der Waals surface area contributed by atoms with Gasteiger partial charge in [0.15, 0.2) is 0 Å². The van der Waals surface area contributed by atoms with E-state index in [1.807, 2.05) is 0 Å². The molecule has 0 saturated carbocycles. The number of piperidine rings is 1. The van der Waals surface area contributed by atoms with Crippen molar-refractivity contribution in [3.8, 4) is 5.75 Å². The number of primary sulfonamides is 1. The van der Waals surface area contributed by atoms with Gasteiger partial charge in [-0.05, 0) is 31.4 Å². The van der Waals surface area contributed by atoms with Crippen LogP contribution >= 0.6 is 0 Å². The summed E-state index contributed by atoms with van der Waals surface area (Å²) >= 11 is 0. The molecule has 3 rings (SSSR count). The normalized spacial score (nSPS) is 22.6. The Hall–Kier alpha value is -1.92. The predicted octanol–water partition coefficient (Wildman–Crippen LogP) is -0.0352. The Morgan fingerprint density at radius 1 is 1.41 bits per heavy atom. The summed E-state index contributed by atoms with van der Waals surface area (Å²) in [5.74, 6) is 0.309. The molecule has 1 aromatic rings. The van der Waals surface area contributed by atoms with Gasteiger partial charge in [-0.25, -0.2) is 18.4 Å². The largest absolute Gasteiger partial charge is 0.491 e. The highest BCUT2D eigenvalue weighted by atomic mass is 32.2. The van der Waals surface area contributed by atoms with Crippen LogP contribution in [0, 0.1) is 0 Å². The van der Waals surface area contributed by atoms with Crippen molar-refractivity contribution in [2.24, 2.45) is 5.14 Å². The van der Waals surface area contributed by atoms with Crippen LogP contribution in [0.2, 0.25) is 0 Å². The van der Waals surface area contributed by atoms with Gasteiger partial charge < -0.3 is 29.9 Å². The maximum absolute atomic E-state index is 11.4. The van der Waals surface area contributed by atoms with Gasteiger partial charge in [-0.3, -0.25) is 0 Å². The number of carbonyl (C=O) groups is 1. The molecule has 2 heterocycles. The molecule has 29 heavy (non-hydrogen) atoms. The van der Waals surface area contributed by atoms with Crippen LogP contribution in [0.25, 0.3) is 0 Å². The molecule has 2 aliphatic heterocycles. The number of carboxylic acid groups (broad SMARTS) is 1. The number of nitrogens with two attached hydrogens (primary N) is 1. The minimum atomic E-state index is -3.81. The number of amides is 1. The van der Waals surface area contributed by atoms with E-state index in [4.69, 9.17) is 19.7 Å². The van der Waals surface area contributed by atoms with E-state index >= 15 is 0 Å². The van der Waals surface area contributed by atoms with Gasteiger partial charge in [0.1, 0.15) is 18.5 Å². The quantitative estimate of drug-likeness (QED) is 0.471. The van der Waals surface area contributed by atoms with Crippen molar-refractivity contribution in [1.29, 1.82) is 0 Å². The topological polar surface area (TPSA) is 151 Å². The fourth-order valence-electron chi connectivity index (χ4n) is 3.72. The molecule has 2 saturated heterocycles. The predicted molar refractivity (Wildman–Crippen MR) is 103 cm³/mol. The number of hydrogen-bond acceptors (Lipinski definition) is 7. The number of rotatable bonds is 7. The summed E-state index contributed by atoms with van der Waals surface area (Å²) in [5, 5.41) is 27.6. The second-order valence-corrected chi connectivity index (χ2v) is 9.12. The Morgan fingerprint density at radius 3 is 2.79 bits per heavy atom. The van der Waals surface area contributed by atoms with Gasteiger partial charge in [-0.1, -0.05) is 6.07 Å². The standard InChI is InChI=1S/C18H27N3O7S/c19-29(25,26)16-3-1-2-15(8-16)27-12-14(22)10-20-13-9-18(28-11-13)4-6-21(7-5-18)17(23)24/h1-3,8,13-14,20,22H,4-7,9-12H2,(H,23,24)(H2,19,25,26)/t13?,14-/m0/s1. The molecule has 1 spiro atoms. The van der Waals surface area contributed by atoms with Gasteiger partial charge in [-0.15, -0.1) is 0 Å². The van der Waals surface area contributed by atoms with Gasteiger partial charge in [0.05, 0.1) is 17.1 Å². The maximum Gasteiger partial charge on any atom is 0.407 e. The van der Waals surface area contributed by atoms with Crippen molar-refractivity contribution in [3.05, 3.63) is 24.3 Å². The van der Waals surface area contributed by atoms with E-state index in [0.717, 1.165) is 6.42 Å². The molecule has 0 radical (unpaired) electrons. The first kappa shape index (κ1) is 21.8. The Labute approximate surface area is 169 Å². The van der Waals surface area contributed by atoms with Crippen LogP contribution in [-0.4, -0.2) is 80.2 Å². The van der Waals surface area contributed by atoms with Crippen molar-refractivity contribution in [1.82, 2.24) is 10.2 Å². The number of benzene rings is 1. The van der Waals surface area contributed by atoms with Crippen LogP contribution in [0.1, 0.15) is 19.3 Å². The van der Waals surface area contributed by atoms with Gasteiger partial charge in [0, 0.05) is 31.7 Å². The van der Waals surface area contributed by atoms with E-state index in [1.165, 1.54) is 23.1 Å². The molecular weight excluding hydrogens is 402 g/mol. The SMILES string of the molecule is NS(=O)(=O)c1cccc(OC[C@@H](O)CNC2COC3(CCN(C(=O)O)CC3)C2)c1. The number of ether oxygens (including phenoxy) is 2. The van der Waals surface area contributed by atoms with Crippen LogP contribution in [0.3, 0.4) is 0 Å². The van der Waals surface area contributed by atoms with Crippen molar-refractivity contribution >= 4 is 16.1 Å². The molecule has 10 nitrogen and oxygen atoms in total. The first-order chi connectivity index (χ1) is 13.7. The molecule has 0 aliphatic carbocycles. The van der Waals surface area contributed by atoms with Crippen molar-refractivity contribution in [2.75, 3.05) is 32.8 Å². The third-order valence-corrected chi connectivity index (χ3v) is 6.28. The highest BCUT2D eigenvalue weighted by Crippen LogP contribution is 2.35. The minimum Gasteiger partial charge on any atom is -0.491 e. The molecule has 2 aliphatic rings.